The Hall–Kier alpha value is -1.59. The number of carbonyl (C=O) groups excluding carboxylic acids is 1. The first-order valence-electron chi connectivity index (χ1n) is 6.65. The lowest BCUT2D eigenvalue weighted by Gasteiger charge is -2.23. The molecule has 1 amide bonds. The minimum absolute atomic E-state index is 0.0341. The molecule has 0 radical (unpaired) electrons. The Morgan fingerprint density at radius 1 is 1.37 bits per heavy atom. The molecule has 1 saturated heterocycles. The number of ether oxygens (including phenoxy) is 2. The molecular formula is C14H18N2O3. The zero-order chi connectivity index (χ0) is 13.1. The summed E-state index contributed by atoms with van der Waals surface area (Å²) in [6, 6.07) is 7.91. The van der Waals surface area contributed by atoms with Crippen LogP contribution >= 0.6 is 0 Å². The maximum atomic E-state index is 12.0. The monoisotopic (exact) mass is 262 g/mol. The van der Waals surface area contributed by atoms with Gasteiger partial charge >= 0.3 is 0 Å². The van der Waals surface area contributed by atoms with Gasteiger partial charge in [0.15, 0.2) is 0 Å². The largest absolute Gasteiger partial charge is 0.491 e. The third-order valence-corrected chi connectivity index (χ3v) is 3.47. The fourth-order valence-corrected chi connectivity index (χ4v) is 2.51. The number of nitrogens with one attached hydrogen (secondary N) is 2. The van der Waals surface area contributed by atoms with E-state index in [1.807, 2.05) is 24.3 Å². The van der Waals surface area contributed by atoms with Crippen LogP contribution in [0, 0.1) is 0 Å². The highest BCUT2D eigenvalue weighted by Crippen LogP contribution is 2.31. The van der Waals surface area contributed by atoms with Crippen LogP contribution in [0.2, 0.25) is 0 Å². The van der Waals surface area contributed by atoms with Gasteiger partial charge in [-0.05, 0) is 6.07 Å². The summed E-state index contributed by atoms with van der Waals surface area (Å²) in [4.78, 5) is 12.0. The number of para-hydroxylation sites is 1. The molecule has 2 aliphatic heterocycles. The molecule has 5 nitrogen and oxygen atoms in total. The first-order chi connectivity index (χ1) is 9.33. The summed E-state index contributed by atoms with van der Waals surface area (Å²) >= 11 is 0. The average Bonchev–Trinajstić information content (AvgIpc) is 2.83. The summed E-state index contributed by atoms with van der Waals surface area (Å²) in [7, 11) is 0. The minimum Gasteiger partial charge on any atom is -0.491 e. The SMILES string of the molecule is O=C(CC1COCCN1)NC1COc2ccccc21. The van der Waals surface area contributed by atoms with Crippen molar-refractivity contribution >= 4 is 5.91 Å². The van der Waals surface area contributed by atoms with Gasteiger partial charge in [-0.1, -0.05) is 18.2 Å². The van der Waals surface area contributed by atoms with Gasteiger partial charge in [0, 0.05) is 24.6 Å². The molecule has 0 bridgehead atoms. The van der Waals surface area contributed by atoms with E-state index in [9.17, 15) is 4.79 Å². The van der Waals surface area contributed by atoms with E-state index >= 15 is 0 Å². The average molecular weight is 262 g/mol. The minimum atomic E-state index is -0.0341. The lowest BCUT2D eigenvalue weighted by atomic mass is 10.1. The summed E-state index contributed by atoms with van der Waals surface area (Å²) in [5.41, 5.74) is 1.06. The molecule has 1 aromatic carbocycles. The van der Waals surface area contributed by atoms with Gasteiger partial charge in [-0.3, -0.25) is 4.79 Å². The maximum Gasteiger partial charge on any atom is 0.222 e. The smallest absolute Gasteiger partial charge is 0.222 e. The van der Waals surface area contributed by atoms with Crippen molar-refractivity contribution < 1.29 is 14.3 Å². The van der Waals surface area contributed by atoms with Crippen LogP contribution < -0.4 is 15.4 Å². The van der Waals surface area contributed by atoms with E-state index < -0.39 is 0 Å². The fraction of sp³-hybridized carbons (Fsp3) is 0.500. The Kier molecular flexibility index (Phi) is 3.66. The van der Waals surface area contributed by atoms with Gasteiger partial charge < -0.3 is 20.1 Å². The predicted molar refractivity (Wildman–Crippen MR) is 70.0 cm³/mol. The molecule has 2 atom stereocenters. The highest BCUT2D eigenvalue weighted by Gasteiger charge is 2.26. The van der Waals surface area contributed by atoms with E-state index in [1.54, 1.807) is 0 Å². The molecule has 2 N–H and O–H groups in total. The van der Waals surface area contributed by atoms with Gasteiger partial charge in [-0.2, -0.15) is 0 Å². The van der Waals surface area contributed by atoms with Gasteiger partial charge in [-0.15, -0.1) is 0 Å². The molecule has 19 heavy (non-hydrogen) atoms. The third-order valence-electron chi connectivity index (χ3n) is 3.47. The van der Waals surface area contributed by atoms with E-state index in [-0.39, 0.29) is 18.0 Å². The molecule has 0 aromatic heterocycles. The summed E-state index contributed by atoms with van der Waals surface area (Å²) in [5, 5.41) is 6.30. The van der Waals surface area contributed by atoms with Crippen molar-refractivity contribution in [1.82, 2.24) is 10.6 Å². The van der Waals surface area contributed by atoms with Crippen LogP contribution in [0.5, 0.6) is 5.75 Å². The van der Waals surface area contributed by atoms with Crippen LogP contribution in [0.25, 0.3) is 0 Å². The Balaban J connectivity index is 1.55. The Labute approximate surface area is 112 Å². The second kappa shape index (κ2) is 5.59. The molecule has 3 rings (SSSR count). The van der Waals surface area contributed by atoms with E-state index in [0.717, 1.165) is 24.5 Å². The van der Waals surface area contributed by atoms with Crippen LogP contribution in [0.1, 0.15) is 18.0 Å². The molecule has 1 fully saturated rings. The zero-order valence-electron chi connectivity index (χ0n) is 10.7. The number of rotatable bonds is 3. The van der Waals surface area contributed by atoms with Crippen molar-refractivity contribution in [2.45, 2.75) is 18.5 Å². The second-order valence-corrected chi connectivity index (χ2v) is 4.90. The van der Waals surface area contributed by atoms with Crippen molar-refractivity contribution in [3.8, 4) is 5.75 Å². The fourth-order valence-electron chi connectivity index (χ4n) is 2.51. The van der Waals surface area contributed by atoms with E-state index in [1.165, 1.54) is 0 Å². The van der Waals surface area contributed by atoms with Gasteiger partial charge in [0.05, 0.1) is 19.3 Å². The summed E-state index contributed by atoms with van der Waals surface area (Å²) in [6.45, 7) is 2.65. The van der Waals surface area contributed by atoms with E-state index in [2.05, 4.69) is 10.6 Å². The molecule has 0 saturated carbocycles. The summed E-state index contributed by atoms with van der Waals surface area (Å²) < 4.78 is 10.9. The summed E-state index contributed by atoms with van der Waals surface area (Å²) in [6.07, 6.45) is 0.443. The predicted octanol–water partition coefficient (Wildman–Crippen LogP) is 0.615. The van der Waals surface area contributed by atoms with Crippen molar-refractivity contribution in [2.24, 2.45) is 0 Å². The highest BCUT2D eigenvalue weighted by molar-refractivity contribution is 5.77. The van der Waals surface area contributed by atoms with Crippen molar-refractivity contribution in [3.63, 3.8) is 0 Å². The van der Waals surface area contributed by atoms with Crippen LogP contribution in [0.15, 0.2) is 24.3 Å². The topological polar surface area (TPSA) is 59.6 Å². The van der Waals surface area contributed by atoms with Crippen LogP contribution in [0.4, 0.5) is 0 Å². The lowest BCUT2D eigenvalue weighted by Crippen LogP contribution is -2.44. The van der Waals surface area contributed by atoms with Crippen molar-refractivity contribution in [1.29, 1.82) is 0 Å². The molecule has 2 aliphatic rings. The molecule has 2 heterocycles. The van der Waals surface area contributed by atoms with Crippen LogP contribution in [-0.2, 0) is 9.53 Å². The number of carbonyl (C=O) groups is 1. The van der Waals surface area contributed by atoms with Gasteiger partial charge in [0.2, 0.25) is 5.91 Å². The highest BCUT2D eigenvalue weighted by atomic mass is 16.5. The summed E-state index contributed by atoms with van der Waals surface area (Å²) in [5.74, 6) is 0.903. The molecule has 5 heteroatoms. The van der Waals surface area contributed by atoms with Crippen molar-refractivity contribution in [3.05, 3.63) is 29.8 Å². The van der Waals surface area contributed by atoms with Gasteiger partial charge in [0.25, 0.3) is 0 Å². The first kappa shape index (κ1) is 12.4. The number of amides is 1. The lowest BCUT2D eigenvalue weighted by molar-refractivity contribution is -0.123. The molecule has 0 aliphatic carbocycles. The van der Waals surface area contributed by atoms with E-state index in [0.29, 0.717) is 19.6 Å². The van der Waals surface area contributed by atoms with Crippen LogP contribution in [-0.4, -0.2) is 38.3 Å². The maximum absolute atomic E-state index is 12.0. The normalized spacial score (nSPS) is 25.5. The number of morpholine rings is 1. The van der Waals surface area contributed by atoms with Crippen LogP contribution in [0.3, 0.4) is 0 Å². The molecule has 2 unspecified atom stereocenters. The second-order valence-electron chi connectivity index (χ2n) is 4.90. The number of benzene rings is 1. The Morgan fingerprint density at radius 2 is 2.26 bits per heavy atom. The molecule has 1 aromatic rings. The molecular weight excluding hydrogens is 244 g/mol. The zero-order valence-corrected chi connectivity index (χ0v) is 10.7. The third kappa shape index (κ3) is 2.88. The number of hydrogen-bond donors (Lipinski definition) is 2. The Morgan fingerprint density at radius 3 is 3.11 bits per heavy atom. The molecule has 102 valence electrons. The van der Waals surface area contributed by atoms with Gasteiger partial charge in [0.1, 0.15) is 12.4 Å². The number of hydrogen-bond acceptors (Lipinski definition) is 4. The van der Waals surface area contributed by atoms with Gasteiger partial charge in [-0.25, -0.2) is 0 Å². The Bertz CT molecular complexity index is 458. The quantitative estimate of drug-likeness (QED) is 0.838. The standard InChI is InChI=1S/C14H18N2O3/c17-14(7-10-8-18-6-5-15-10)16-12-9-19-13-4-2-1-3-11(12)13/h1-4,10,12,15H,5-9H2,(H,16,17). The molecule has 0 spiro atoms. The van der Waals surface area contributed by atoms with Crippen molar-refractivity contribution in [2.75, 3.05) is 26.4 Å². The number of fused-ring (bicyclic) bond motifs is 1. The first-order valence-corrected chi connectivity index (χ1v) is 6.65. The van der Waals surface area contributed by atoms with E-state index in [4.69, 9.17) is 9.47 Å².